The standard InChI is InChI=1S/C20H22N2O3/c1-15(23)16-7-6-8-17(13-16)25-14-20(24)21-18-9-2-3-10-19(18)22-11-4-5-12-22/h2-3,6-10,13H,4-5,11-12,14H2,1H3,(H,21,24). The summed E-state index contributed by atoms with van der Waals surface area (Å²) < 4.78 is 5.52. The monoisotopic (exact) mass is 338 g/mol. The number of ether oxygens (including phenoxy) is 1. The lowest BCUT2D eigenvalue weighted by Gasteiger charge is -2.21. The highest BCUT2D eigenvalue weighted by atomic mass is 16.5. The molecule has 0 aromatic heterocycles. The molecule has 0 atom stereocenters. The molecule has 1 heterocycles. The molecule has 0 unspecified atom stereocenters. The van der Waals surface area contributed by atoms with E-state index in [-0.39, 0.29) is 18.3 Å². The number of amides is 1. The number of benzene rings is 2. The number of carbonyl (C=O) groups is 2. The van der Waals surface area contributed by atoms with Gasteiger partial charge in [-0.2, -0.15) is 0 Å². The van der Waals surface area contributed by atoms with Crippen LogP contribution in [0.5, 0.6) is 5.75 Å². The number of ketones is 1. The number of Topliss-reactive ketones (excluding diaryl/α,β-unsaturated/α-hetero) is 1. The summed E-state index contributed by atoms with van der Waals surface area (Å²) in [4.78, 5) is 25.9. The van der Waals surface area contributed by atoms with Crippen LogP contribution in [0.2, 0.25) is 0 Å². The van der Waals surface area contributed by atoms with E-state index >= 15 is 0 Å². The van der Waals surface area contributed by atoms with Gasteiger partial charge in [0.05, 0.1) is 11.4 Å². The first kappa shape index (κ1) is 17.0. The summed E-state index contributed by atoms with van der Waals surface area (Å²) in [6, 6.07) is 14.7. The second-order valence-corrected chi connectivity index (χ2v) is 6.13. The molecular formula is C20H22N2O3. The number of anilines is 2. The molecule has 0 radical (unpaired) electrons. The van der Waals surface area contributed by atoms with Crippen LogP contribution in [-0.2, 0) is 4.79 Å². The third-order valence-corrected chi connectivity index (χ3v) is 4.24. The molecule has 0 spiro atoms. The van der Waals surface area contributed by atoms with Crippen LogP contribution in [0.4, 0.5) is 11.4 Å². The Morgan fingerprint density at radius 2 is 1.84 bits per heavy atom. The van der Waals surface area contributed by atoms with Gasteiger partial charge in [-0.1, -0.05) is 24.3 Å². The van der Waals surface area contributed by atoms with Gasteiger partial charge in [-0.15, -0.1) is 0 Å². The van der Waals surface area contributed by atoms with Gasteiger partial charge in [0.15, 0.2) is 12.4 Å². The molecule has 1 N–H and O–H groups in total. The Morgan fingerprint density at radius 3 is 2.60 bits per heavy atom. The Morgan fingerprint density at radius 1 is 1.08 bits per heavy atom. The zero-order valence-electron chi connectivity index (χ0n) is 14.3. The Balaban J connectivity index is 1.61. The SMILES string of the molecule is CC(=O)c1cccc(OCC(=O)Nc2ccccc2N2CCCC2)c1. The molecule has 5 nitrogen and oxygen atoms in total. The van der Waals surface area contributed by atoms with E-state index < -0.39 is 0 Å². The quantitative estimate of drug-likeness (QED) is 0.819. The first-order valence-corrected chi connectivity index (χ1v) is 8.51. The van der Waals surface area contributed by atoms with Crippen LogP contribution < -0.4 is 15.0 Å². The molecule has 5 heteroatoms. The highest BCUT2D eigenvalue weighted by molar-refractivity contribution is 5.96. The minimum Gasteiger partial charge on any atom is -0.484 e. The summed E-state index contributed by atoms with van der Waals surface area (Å²) in [5, 5.41) is 2.92. The zero-order chi connectivity index (χ0) is 17.6. The van der Waals surface area contributed by atoms with Crippen molar-refractivity contribution in [2.45, 2.75) is 19.8 Å². The molecule has 2 aromatic rings. The largest absolute Gasteiger partial charge is 0.484 e. The topological polar surface area (TPSA) is 58.6 Å². The number of rotatable bonds is 6. The van der Waals surface area contributed by atoms with Gasteiger partial charge in [-0.05, 0) is 44.0 Å². The van der Waals surface area contributed by atoms with E-state index in [4.69, 9.17) is 4.74 Å². The number of nitrogens with zero attached hydrogens (tertiary/aromatic N) is 1. The highest BCUT2D eigenvalue weighted by Gasteiger charge is 2.16. The normalized spacial score (nSPS) is 13.6. The summed E-state index contributed by atoms with van der Waals surface area (Å²) in [6.45, 7) is 3.43. The predicted molar refractivity (Wildman–Crippen MR) is 98.5 cm³/mol. The minimum absolute atomic E-state index is 0.0329. The van der Waals surface area contributed by atoms with Crippen molar-refractivity contribution in [3.8, 4) is 5.75 Å². The maximum atomic E-state index is 12.3. The molecule has 0 aliphatic carbocycles. The van der Waals surface area contributed by atoms with Crippen molar-refractivity contribution in [1.29, 1.82) is 0 Å². The average Bonchev–Trinajstić information content (AvgIpc) is 3.15. The van der Waals surface area contributed by atoms with E-state index in [1.165, 1.54) is 19.8 Å². The summed E-state index contributed by atoms with van der Waals surface area (Å²) in [5.74, 6) is 0.255. The van der Waals surface area contributed by atoms with Crippen LogP contribution in [0, 0.1) is 0 Å². The number of nitrogens with one attached hydrogen (secondary N) is 1. The molecule has 2 aromatic carbocycles. The molecule has 1 fully saturated rings. The first-order valence-electron chi connectivity index (χ1n) is 8.51. The lowest BCUT2D eigenvalue weighted by Crippen LogP contribution is -2.24. The van der Waals surface area contributed by atoms with Gasteiger partial charge in [-0.3, -0.25) is 9.59 Å². The van der Waals surface area contributed by atoms with E-state index in [0.717, 1.165) is 24.5 Å². The van der Waals surface area contributed by atoms with Crippen molar-refractivity contribution < 1.29 is 14.3 Å². The summed E-state index contributed by atoms with van der Waals surface area (Å²) in [5.41, 5.74) is 2.42. The van der Waals surface area contributed by atoms with Gasteiger partial charge in [0.2, 0.25) is 0 Å². The van der Waals surface area contributed by atoms with Crippen molar-refractivity contribution in [2.24, 2.45) is 0 Å². The number of hydrogen-bond acceptors (Lipinski definition) is 4. The molecule has 25 heavy (non-hydrogen) atoms. The summed E-state index contributed by atoms with van der Waals surface area (Å²) in [6.07, 6.45) is 2.36. The Labute approximate surface area is 147 Å². The fraction of sp³-hybridized carbons (Fsp3) is 0.300. The van der Waals surface area contributed by atoms with Crippen molar-refractivity contribution >= 4 is 23.1 Å². The van der Waals surface area contributed by atoms with Crippen LogP contribution in [0.25, 0.3) is 0 Å². The first-order chi connectivity index (χ1) is 12.1. The van der Waals surface area contributed by atoms with Crippen LogP contribution >= 0.6 is 0 Å². The second-order valence-electron chi connectivity index (χ2n) is 6.13. The van der Waals surface area contributed by atoms with Gasteiger partial charge in [0.25, 0.3) is 5.91 Å². The third kappa shape index (κ3) is 4.38. The minimum atomic E-state index is -0.222. The van der Waals surface area contributed by atoms with Gasteiger partial charge in [0.1, 0.15) is 5.75 Å². The fourth-order valence-corrected chi connectivity index (χ4v) is 2.95. The number of para-hydroxylation sites is 2. The second kappa shape index (κ2) is 7.83. The highest BCUT2D eigenvalue weighted by Crippen LogP contribution is 2.28. The van der Waals surface area contributed by atoms with Gasteiger partial charge < -0.3 is 15.0 Å². The van der Waals surface area contributed by atoms with Crippen LogP contribution in [0.15, 0.2) is 48.5 Å². The molecule has 3 rings (SSSR count). The predicted octanol–water partition coefficient (Wildman–Crippen LogP) is 3.51. The smallest absolute Gasteiger partial charge is 0.262 e. The van der Waals surface area contributed by atoms with Crippen molar-refractivity contribution in [3.05, 3.63) is 54.1 Å². The van der Waals surface area contributed by atoms with Crippen LogP contribution in [-0.4, -0.2) is 31.4 Å². The number of carbonyl (C=O) groups excluding carboxylic acids is 2. The maximum Gasteiger partial charge on any atom is 0.262 e. The molecule has 1 saturated heterocycles. The van der Waals surface area contributed by atoms with E-state index in [1.54, 1.807) is 24.3 Å². The van der Waals surface area contributed by atoms with Gasteiger partial charge >= 0.3 is 0 Å². The molecule has 0 bridgehead atoms. The van der Waals surface area contributed by atoms with E-state index in [0.29, 0.717) is 11.3 Å². The van der Waals surface area contributed by atoms with E-state index in [1.807, 2.05) is 24.3 Å². The lowest BCUT2D eigenvalue weighted by molar-refractivity contribution is -0.118. The van der Waals surface area contributed by atoms with Crippen molar-refractivity contribution in [1.82, 2.24) is 0 Å². The molecule has 1 aliphatic heterocycles. The Hall–Kier alpha value is -2.82. The zero-order valence-corrected chi connectivity index (χ0v) is 14.3. The Bertz CT molecular complexity index is 767. The maximum absolute atomic E-state index is 12.3. The molecule has 130 valence electrons. The number of hydrogen-bond donors (Lipinski definition) is 1. The van der Waals surface area contributed by atoms with Crippen molar-refractivity contribution in [3.63, 3.8) is 0 Å². The third-order valence-electron chi connectivity index (χ3n) is 4.24. The summed E-state index contributed by atoms with van der Waals surface area (Å²) in [7, 11) is 0. The van der Waals surface area contributed by atoms with E-state index in [2.05, 4.69) is 10.2 Å². The fourth-order valence-electron chi connectivity index (χ4n) is 2.95. The molecular weight excluding hydrogens is 316 g/mol. The van der Waals surface area contributed by atoms with E-state index in [9.17, 15) is 9.59 Å². The molecule has 1 aliphatic rings. The average molecular weight is 338 g/mol. The van der Waals surface area contributed by atoms with Gasteiger partial charge in [0, 0.05) is 18.7 Å². The van der Waals surface area contributed by atoms with Crippen molar-refractivity contribution in [2.75, 3.05) is 29.9 Å². The molecule has 0 saturated carbocycles. The summed E-state index contributed by atoms with van der Waals surface area (Å²) >= 11 is 0. The Kier molecular flexibility index (Phi) is 5.33. The van der Waals surface area contributed by atoms with Crippen LogP contribution in [0.3, 0.4) is 0 Å². The van der Waals surface area contributed by atoms with Crippen LogP contribution in [0.1, 0.15) is 30.1 Å². The van der Waals surface area contributed by atoms with Gasteiger partial charge in [-0.25, -0.2) is 0 Å². The molecule has 1 amide bonds. The lowest BCUT2D eigenvalue weighted by atomic mass is 10.1.